The van der Waals surface area contributed by atoms with Crippen LogP contribution in [0.3, 0.4) is 0 Å². The van der Waals surface area contributed by atoms with Crippen molar-refractivity contribution in [1.82, 2.24) is 0 Å². The highest BCUT2D eigenvalue weighted by Gasteiger charge is 2.29. The van der Waals surface area contributed by atoms with Gasteiger partial charge in [-0.05, 0) is 30.5 Å². The minimum atomic E-state index is -4.33. The number of rotatable bonds is 8. The first-order valence-corrected chi connectivity index (χ1v) is 9.39. The zero-order valence-electron chi connectivity index (χ0n) is 17.7. The molecule has 5 nitrogen and oxygen atoms in total. The van der Waals surface area contributed by atoms with Gasteiger partial charge >= 0.3 is 12.1 Å². The summed E-state index contributed by atoms with van der Waals surface area (Å²) in [6.07, 6.45) is -4.10. The highest BCUT2D eigenvalue weighted by molar-refractivity contribution is 6.16. The maximum Gasteiger partial charge on any atom is 0.393 e. The second kappa shape index (κ2) is 10.7. The van der Waals surface area contributed by atoms with E-state index in [1.54, 1.807) is 37.3 Å². The number of methoxy groups -OCH3 is 2. The molecular formula is C23H24F3NO4. The molecule has 0 bridgehead atoms. The van der Waals surface area contributed by atoms with Crippen LogP contribution in [0.15, 0.2) is 53.9 Å². The molecule has 2 aromatic carbocycles. The van der Waals surface area contributed by atoms with Crippen LogP contribution in [0.25, 0.3) is 5.57 Å². The Balaban J connectivity index is 2.30. The van der Waals surface area contributed by atoms with Crippen LogP contribution in [0.2, 0.25) is 0 Å². The first kappa shape index (κ1) is 24.0. The molecule has 0 unspecified atom stereocenters. The van der Waals surface area contributed by atoms with E-state index < -0.39 is 18.6 Å². The molecule has 0 aliphatic carbocycles. The van der Waals surface area contributed by atoms with Crippen LogP contribution >= 0.6 is 0 Å². The van der Waals surface area contributed by atoms with Crippen LogP contribution in [-0.4, -0.2) is 32.1 Å². The van der Waals surface area contributed by atoms with E-state index in [0.717, 1.165) is 5.56 Å². The van der Waals surface area contributed by atoms with Gasteiger partial charge in [0.05, 0.1) is 32.6 Å². The third-order valence-electron chi connectivity index (χ3n) is 4.55. The molecular weight excluding hydrogens is 411 g/mol. The smallest absolute Gasteiger partial charge is 0.393 e. The Kier molecular flexibility index (Phi) is 8.24. The number of carbonyl (C=O) groups excluding carboxylic acids is 1. The van der Waals surface area contributed by atoms with Crippen LogP contribution in [0, 0.1) is 6.92 Å². The average Bonchev–Trinajstić information content (AvgIpc) is 2.72. The zero-order chi connectivity index (χ0) is 23.0. The lowest BCUT2D eigenvalue weighted by Gasteiger charge is -2.14. The summed E-state index contributed by atoms with van der Waals surface area (Å²) in [7, 11) is 2.69. The van der Waals surface area contributed by atoms with Gasteiger partial charge in [-0.3, -0.25) is 0 Å². The number of hydrogen-bond donors (Lipinski definition) is 0. The number of ether oxygens (including phenoxy) is 2. The topological polar surface area (TPSA) is 57.1 Å². The van der Waals surface area contributed by atoms with E-state index in [9.17, 15) is 18.0 Å². The van der Waals surface area contributed by atoms with Crippen LogP contribution in [-0.2, 0) is 32.1 Å². The fourth-order valence-corrected chi connectivity index (χ4v) is 3.08. The van der Waals surface area contributed by atoms with Crippen LogP contribution in [0.1, 0.15) is 34.7 Å². The van der Waals surface area contributed by atoms with Crippen molar-refractivity contribution in [2.24, 2.45) is 5.16 Å². The molecule has 0 radical (unpaired) electrons. The Morgan fingerprint density at radius 3 is 2.39 bits per heavy atom. The monoisotopic (exact) mass is 435 g/mol. The van der Waals surface area contributed by atoms with Crippen molar-refractivity contribution in [3.8, 4) is 0 Å². The average molecular weight is 435 g/mol. The largest absolute Gasteiger partial charge is 0.503 e. The molecule has 0 amide bonds. The second-order valence-electron chi connectivity index (χ2n) is 6.76. The highest BCUT2D eigenvalue weighted by Crippen LogP contribution is 2.26. The quantitative estimate of drug-likeness (QED) is 0.188. The standard InChI is InChI=1S/C23H24F3NO4/c1-15-8-7-11-19(21(13-29-3)22(28)30-4)20(15)14-31-27-16(2)18-10-6-5-9-17(18)12-23(24,25)26/h5-11,13H,12,14H2,1-4H3/b21-13+,27-16+. The van der Waals surface area contributed by atoms with Crippen molar-refractivity contribution in [2.45, 2.75) is 33.1 Å². The van der Waals surface area contributed by atoms with Crippen LogP contribution < -0.4 is 0 Å². The molecule has 0 aromatic heterocycles. The van der Waals surface area contributed by atoms with E-state index >= 15 is 0 Å². The fourth-order valence-electron chi connectivity index (χ4n) is 3.08. The number of aryl methyl sites for hydroxylation is 1. The molecule has 0 aliphatic rings. The van der Waals surface area contributed by atoms with Crippen molar-refractivity contribution in [1.29, 1.82) is 0 Å². The lowest BCUT2D eigenvalue weighted by molar-refractivity contribution is -0.133. The molecule has 8 heteroatoms. The molecule has 2 aromatic rings. The van der Waals surface area contributed by atoms with E-state index in [2.05, 4.69) is 5.16 Å². The summed E-state index contributed by atoms with van der Waals surface area (Å²) < 4.78 is 48.4. The number of benzene rings is 2. The normalized spacial score (nSPS) is 12.5. The summed E-state index contributed by atoms with van der Waals surface area (Å²) in [5.41, 5.74) is 3.08. The van der Waals surface area contributed by atoms with E-state index in [1.165, 1.54) is 26.5 Å². The Labute approximate surface area is 179 Å². The molecule has 31 heavy (non-hydrogen) atoms. The van der Waals surface area contributed by atoms with Gasteiger partial charge in [0.1, 0.15) is 12.2 Å². The fraction of sp³-hybridized carbons (Fsp3) is 0.304. The van der Waals surface area contributed by atoms with Gasteiger partial charge in [-0.2, -0.15) is 13.2 Å². The molecule has 0 saturated carbocycles. The molecule has 0 spiro atoms. The highest BCUT2D eigenvalue weighted by atomic mass is 19.4. The third kappa shape index (κ3) is 6.60. The number of oxime groups is 1. The van der Waals surface area contributed by atoms with Crippen molar-refractivity contribution in [2.75, 3.05) is 14.2 Å². The number of nitrogens with zero attached hydrogens (tertiary/aromatic N) is 1. The number of alkyl halides is 3. The summed E-state index contributed by atoms with van der Waals surface area (Å²) >= 11 is 0. The Morgan fingerprint density at radius 1 is 1.06 bits per heavy atom. The van der Waals surface area contributed by atoms with Gasteiger partial charge in [0.15, 0.2) is 0 Å². The predicted octanol–water partition coefficient (Wildman–Crippen LogP) is 5.20. The molecule has 2 rings (SSSR count). The van der Waals surface area contributed by atoms with Gasteiger partial charge in [0, 0.05) is 11.1 Å². The Morgan fingerprint density at radius 2 is 1.74 bits per heavy atom. The van der Waals surface area contributed by atoms with Crippen LogP contribution in [0.4, 0.5) is 13.2 Å². The molecule has 0 heterocycles. The number of halogens is 3. The minimum Gasteiger partial charge on any atom is -0.503 e. The van der Waals surface area contributed by atoms with Gasteiger partial charge in [0.2, 0.25) is 0 Å². The molecule has 0 atom stereocenters. The Bertz CT molecular complexity index is 981. The lowest BCUT2D eigenvalue weighted by atomic mass is 9.97. The lowest BCUT2D eigenvalue weighted by Crippen LogP contribution is -2.14. The molecule has 0 fully saturated rings. The summed E-state index contributed by atoms with van der Waals surface area (Å²) in [4.78, 5) is 17.6. The van der Waals surface area contributed by atoms with Gasteiger partial charge in [-0.15, -0.1) is 0 Å². The van der Waals surface area contributed by atoms with Gasteiger partial charge in [-0.1, -0.05) is 47.6 Å². The van der Waals surface area contributed by atoms with Crippen molar-refractivity contribution < 1.29 is 32.3 Å². The number of hydrogen-bond acceptors (Lipinski definition) is 5. The third-order valence-corrected chi connectivity index (χ3v) is 4.55. The zero-order valence-corrected chi connectivity index (χ0v) is 17.7. The van der Waals surface area contributed by atoms with E-state index in [4.69, 9.17) is 14.3 Å². The molecule has 0 saturated heterocycles. The van der Waals surface area contributed by atoms with E-state index in [0.29, 0.717) is 22.4 Å². The summed E-state index contributed by atoms with van der Waals surface area (Å²) in [6, 6.07) is 11.5. The van der Waals surface area contributed by atoms with Gasteiger partial charge < -0.3 is 14.3 Å². The van der Waals surface area contributed by atoms with E-state index in [1.807, 2.05) is 13.0 Å². The molecule has 0 N–H and O–H groups in total. The first-order chi connectivity index (χ1) is 14.7. The molecule has 166 valence electrons. The summed E-state index contributed by atoms with van der Waals surface area (Å²) in [5, 5.41) is 4.02. The minimum absolute atomic E-state index is 0.00116. The predicted molar refractivity (Wildman–Crippen MR) is 111 cm³/mol. The summed E-state index contributed by atoms with van der Waals surface area (Å²) in [6.45, 7) is 3.43. The number of carbonyl (C=O) groups is 1. The second-order valence-corrected chi connectivity index (χ2v) is 6.76. The van der Waals surface area contributed by atoms with Gasteiger partial charge in [0.25, 0.3) is 0 Å². The summed E-state index contributed by atoms with van der Waals surface area (Å²) in [5.74, 6) is -0.575. The van der Waals surface area contributed by atoms with E-state index in [-0.39, 0.29) is 17.7 Å². The van der Waals surface area contributed by atoms with Crippen molar-refractivity contribution in [3.63, 3.8) is 0 Å². The van der Waals surface area contributed by atoms with Crippen LogP contribution in [0.5, 0.6) is 0 Å². The maximum absolute atomic E-state index is 12.9. The van der Waals surface area contributed by atoms with Crippen molar-refractivity contribution in [3.05, 3.63) is 76.5 Å². The van der Waals surface area contributed by atoms with Crippen molar-refractivity contribution >= 4 is 17.3 Å². The first-order valence-electron chi connectivity index (χ1n) is 9.39. The molecule has 0 aliphatic heterocycles. The van der Waals surface area contributed by atoms with Gasteiger partial charge in [-0.25, -0.2) is 4.79 Å². The number of esters is 1. The SMILES string of the molecule is CO/C=C(/C(=O)OC)c1cccc(C)c1CO/N=C(\C)c1ccccc1CC(F)(F)F. The maximum atomic E-state index is 12.9. The Hall–Kier alpha value is -3.29.